The van der Waals surface area contributed by atoms with E-state index in [1.54, 1.807) is 6.92 Å². The summed E-state index contributed by atoms with van der Waals surface area (Å²) >= 11 is 4.73. The van der Waals surface area contributed by atoms with Crippen molar-refractivity contribution in [2.24, 2.45) is 0 Å². The molecule has 4 heteroatoms. The zero-order valence-corrected chi connectivity index (χ0v) is 10.2. The fraction of sp³-hybridized carbons (Fsp3) is 0.875. The van der Waals surface area contributed by atoms with Gasteiger partial charge in [-0.3, -0.25) is 0 Å². The maximum absolute atomic E-state index is 5.25. The Balaban J connectivity index is 3.17. The SMILES string of the molecule is CC(=S)OCOCC[Si](C)(C)C. The molecular weight excluding hydrogens is 188 g/mol. The molecule has 0 amide bonds. The second-order valence-corrected chi connectivity index (χ2v) is 10.2. The summed E-state index contributed by atoms with van der Waals surface area (Å²) in [4.78, 5) is 0. The molecule has 0 aliphatic heterocycles. The quantitative estimate of drug-likeness (QED) is 0.298. The number of thiocarbonyl (C=S) groups is 1. The van der Waals surface area contributed by atoms with Crippen LogP contribution in [0.25, 0.3) is 0 Å². The molecule has 0 aliphatic rings. The van der Waals surface area contributed by atoms with E-state index in [0.29, 0.717) is 11.8 Å². The summed E-state index contributed by atoms with van der Waals surface area (Å²) in [7, 11) is -0.948. The Morgan fingerprint density at radius 2 is 1.92 bits per heavy atom. The zero-order valence-electron chi connectivity index (χ0n) is 8.35. The molecule has 0 bridgehead atoms. The van der Waals surface area contributed by atoms with Crippen molar-refractivity contribution < 1.29 is 9.47 Å². The van der Waals surface area contributed by atoms with Crippen LogP contribution < -0.4 is 0 Å². The minimum atomic E-state index is -0.948. The van der Waals surface area contributed by atoms with Crippen LogP contribution in [-0.2, 0) is 9.47 Å². The van der Waals surface area contributed by atoms with E-state index in [0.717, 1.165) is 6.61 Å². The van der Waals surface area contributed by atoms with Crippen LogP contribution in [0.2, 0.25) is 25.7 Å². The maximum atomic E-state index is 5.25. The summed E-state index contributed by atoms with van der Waals surface area (Å²) in [6.07, 6.45) is 0. The Labute approximate surface area is 81.3 Å². The highest BCUT2D eigenvalue weighted by Gasteiger charge is 2.11. The molecule has 72 valence electrons. The first-order valence-electron chi connectivity index (χ1n) is 4.13. The van der Waals surface area contributed by atoms with E-state index in [2.05, 4.69) is 19.6 Å². The summed E-state index contributed by atoms with van der Waals surface area (Å²) in [5.41, 5.74) is 0. The Morgan fingerprint density at radius 1 is 1.33 bits per heavy atom. The van der Waals surface area contributed by atoms with E-state index < -0.39 is 8.07 Å². The van der Waals surface area contributed by atoms with Gasteiger partial charge in [0, 0.05) is 21.6 Å². The summed E-state index contributed by atoms with van der Waals surface area (Å²) in [6, 6.07) is 1.17. The van der Waals surface area contributed by atoms with E-state index in [1.165, 1.54) is 6.04 Å². The van der Waals surface area contributed by atoms with Crippen molar-refractivity contribution in [1.82, 2.24) is 0 Å². The monoisotopic (exact) mass is 206 g/mol. The summed E-state index contributed by atoms with van der Waals surface area (Å²) < 4.78 is 10.2. The lowest BCUT2D eigenvalue weighted by molar-refractivity contribution is 0.0159. The number of hydrogen-bond donors (Lipinski definition) is 0. The van der Waals surface area contributed by atoms with E-state index in [4.69, 9.17) is 21.7 Å². The van der Waals surface area contributed by atoms with Crippen LogP contribution >= 0.6 is 12.2 Å². The van der Waals surface area contributed by atoms with Gasteiger partial charge in [0.25, 0.3) is 0 Å². The molecule has 0 N–H and O–H groups in total. The molecule has 0 aromatic rings. The van der Waals surface area contributed by atoms with Gasteiger partial charge in [-0.15, -0.1) is 0 Å². The molecule has 0 spiro atoms. The van der Waals surface area contributed by atoms with Gasteiger partial charge in [0.1, 0.15) is 0 Å². The zero-order chi connectivity index (χ0) is 9.61. The average molecular weight is 206 g/mol. The molecule has 0 saturated heterocycles. The number of rotatable bonds is 5. The van der Waals surface area contributed by atoms with Crippen LogP contribution in [0.4, 0.5) is 0 Å². The minimum Gasteiger partial charge on any atom is -0.461 e. The van der Waals surface area contributed by atoms with Gasteiger partial charge in [0.2, 0.25) is 0 Å². The van der Waals surface area contributed by atoms with Gasteiger partial charge in [-0.25, -0.2) is 0 Å². The van der Waals surface area contributed by atoms with Gasteiger partial charge in [-0.05, 0) is 18.3 Å². The largest absolute Gasteiger partial charge is 0.461 e. The van der Waals surface area contributed by atoms with Gasteiger partial charge < -0.3 is 9.47 Å². The van der Waals surface area contributed by atoms with Crippen molar-refractivity contribution in [3.63, 3.8) is 0 Å². The van der Waals surface area contributed by atoms with Gasteiger partial charge in [-0.1, -0.05) is 19.6 Å². The smallest absolute Gasteiger partial charge is 0.189 e. The second kappa shape index (κ2) is 5.67. The van der Waals surface area contributed by atoms with Crippen molar-refractivity contribution in [2.75, 3.05) is 13.4 Å². The van der Waals surface area contributed by atoms with Crippen molar-refractivity contribution in [3.8, 4) is 0 Å². The second-order valence-electron chi connectivity index (χ2n) is 3.97. The van der Waals surface area contributed by atoms with E-state index in [-0.39, 0.29) is 0 Å². The van der Waals surface area contributed by atoms with E-state index in [1.807, 2.05) is 0 Å². The number of hydrogen-bond acceptors (Lipinski definition) is 3. The molecule has 0 radical (unpaired) electrons. The first kappa shape index (κ1) is 12.1. The maximum Gasteiger partial charge on any atom is 0.189 e. The van der Waals surface area contributed by atoms with Crippen molar-refractivity contribution >= 4 is 25.3 Å². The topological polar surface area (TPSA) is 18.5 Å². The normalized spacial score (nSPS) is 11.3. The first-order valence-corrected chi connectivity index (χ1v) is 8.24. The lowest BCUT2D eigenvalue weighted by Gasteiger charge is -2.15. The van der Waals surface area contributed by atoms with Crippen LogP contribution in [-0.4, -0.2) is 26.5 Å². The summed E-state index contributed by atoms with van der Waals surface area (Å²) in [6.45, 7) is 9.81. The molecule has 12 heavy (non-hydrogen) atoms. The molecule has 0 fully saturated rings. The van der Waals surface area contributed by atoms with Crippen molar-refractivity contribution in [2.45, 2.75) is 32.6 Å². The molecule has 0 heterocycles. The summed E-state index contributed by atoms with van der Waals surface area (Å²) in [5, 5.41) is 0.544. The molecule has 0 atom stereocenters. The van der Waals surface area contributed by atoms with Crippen LogP contribution in [0, 0.1) is 0 Å². The molecule has 2 nitrogen and oxygen atoms in total. The number of ether oxygens (including phenoxy) is 2. The molecule has 0 saturated carbocycles. The molecule has 0 aromatic heterocycles. The standard InChI is InChI=1S/C8H18O2SSi/c1-8(11)10-7-9-5-6-12(2,3)4/h5-7H2,1-4H3. The fourth-order valence-corrected chi connectivity index (χ4v) is 1.37. The lowest BCUT2D eigenvalue weighted by Crippen LogP contribution is -2.22. The molecule has 0 unspecified atom stereocenters. The highest BCUT2D eigenvalue weighted by Crippen LogP contribution is 2.07. The predicted octanol–water partition coefficient (Wildman–Crippen LogP) is 2.66. The van der Waals surface area contributed by atoms with Gasteiger partial charge in [0.05, 0.1) is 0 Å². The van der Waals surface area contributed by atoms with Crippen molar-refractivity contribution in [3.05, 3.63) is 0 Å². The van der Waals surface area contributed by atoms with Crippen LogP contribution in [0.1, 0.15) is 6.92 Å². The van der Waals surface area contributed by atoms with Gasteiger partial charge in [0.15, 0.2) is 11.8 Å². The van der Waals surface area contributed by atoms with Gasteiger partial charge >= 0.3 is 0 Å². The van der Waals surface area contributed by atoms with E-state index >= 15 is 0 Å². The van der Waals surface area contributed by atoms with Gasteiger partial charge in [-0.2, -0.15) is 0 Å². The minimum absolute atomic E-state index is 0.305. The summed E-state index contributed by atoms with van der Waals surface area (Å²) in [5.74, 6) is 0. The Kier molecular flexibility index (Phi) is 5.70. The Morgan fingerprint density at radius 3 is 2.33 bits per heavy atom. The third-order valence-electron chi connectivity index (χ3n) is 1.34. The molecule has 0 aromatic carbocycles. The Hall–Kier alpha value is 0.0669. The third kappa shape index (κ3) is 10.1. The fourth-order valence-electron chi connectivity index (χ4n) is 0.562. The third-order valence-corrected chi connectivity index (χ3v) is 3.16. The molecular formula is C8H18O2SSi. The molecule has 0 aliphatic carbocycles. The van der Waals surface area contributed by atoms with E-state index in [9.17, 15) is 0 Å². The van der Waals surface area contributed by atoms with Crippen LogP contribution in [0.15, 0.2) is 0 Å². The van der Waals surface area contributed by atoms with Crippen LogP contribution in [0.5, 0.6) is 0 Å². The highest BCUT2D eigenvalue weighted by molar-refractivity contribution is 7.80. The average Bonchev–Trinajstić information content (AvgIpc) is 1.83. The van der Waals surface area contributed by atoms with Crippen LogP contribution in [0.3, 0.4) is 0 Å². The lowest BCUT2D eigenvalue weighted by atomic mass is 10.8. The predicted molar refractivity (Wildman–Crippen MR) is 58.3 cm³/mol. The molecule has 0 rings (SSSR count). The first-order chi connectivity index (χ1) is 5.42. The highest BCUT2D eigenvalue weighted by atomic mass is 32.1. The Bertz CT molecular complexity index is 142. The van der Waals surface area contributed by atoms with Crippen molar-refractivity contribution in [1.29, 1.82) is 0 Å².